The normalized spacial score (nSPS) is 13.9. The summed E-state index contributed by atoms with van der Waals surface area (Å²) in [4.78, 5) is 12.9. The fourth-order valence-corrected chi connectivity index (χ4v) is 4.82. The Morgan fingerprint density at radius 1 is 0.949 bits per heavy atom. The third-order valence-electron chi connectivity index (χ3n) is 7.02. The number of rotatable bonds is 8. The van der Waals surface area contributed by atoms with E-state index in [0.29, 0.717) is 29.3 Å². The SMILES string of the molecule is CCNC(=O)c1noc(-c2cc(-c3ccc(C)cc3)c(O)cc2O)c1-c1ccc(CNC2CCOCC2)cc1. The maximum atomic E-state index is 12.9. The van der Waals surface area contributed by atoms with E-state index in [4.69, 9.17) is 9.26 Å². The first-order valence-electron chi connectivity index (χ1n) is 13.3. The molecule has 4 N–H and O–H groups in total. The van der Waals surface area contributed by atoms with Gasteiger partial charge in [-0.1, -0.05) is 59.3 Å². The Labute approximate surface area is 227 Å². The standard InChI is InChI=1S/C31H33N3O5/c1-3-32-31(37)29-28(22-10-6-20(7-11-22)18-33-23-12-14-38-15-13-23)30(39-34-29)25-16-24(26(35)17-27(25)36)21-8-4-19(2)5-9-21/h4-11,16-17,23,33,35-36H,3,12-15,18H2,1-2H3,(H,32,37). The Morgan fingerprint density at radius 3 is 2.31 bits per heavy atom. The molecule has 1 fully saturated rings. The number of benzene rings is 3. The molecule has 1 aliphatic rings. The number of nitrogens with one attached hydrogen (secondary N) is 2. The summed E-state index contributed by atoms with van der Waals surface area (Å²) in [5, 5.41) is 32.0. The molecule has 4 aromatic rings. The molecule has 0 radical (unpaired) electrons. The lowest BCUT2D eigenvalue weighted by atomic mass is 9.94. The minimum atomic E-state index is -0.371. The Kier molecular flexibility index (Phi) is 7.95. The lowest BCUT2D eigenvalue weighted by Gasteiger charge is -2.23. The van der Waals surface area contributed by atoms with Gasteiger partial charge in [-0.25, -0.2) is 0 Å². The molecule has 0 spiro atoms. The van der Waals surface area contributed by atoms with Gasteiger partial charge in [0, 0.05) is 44.0 Å². The third kappa shape index (κ3) is 5.82. The molecule has 8 heteroatoms. The molecule has 1 aromatic heterocycles. The number of hydrogen-bond donors (Lipinski definition) is 4. The number of ether oxygens (including phenoxy) is 1. The predicted octanol–water partition coefficient (Wildman–Crippen LogP) is 5.41. The van der Waals surface area contributed by atoms with Crippen LogP contribution in [0.15, 0.2) is 65.2 Å². The van der Waals surface area contributed by atoms with Gasteiger partial charge >= 0.3 is 0 Å². The first kappa shape index (κ1) is 26.5. The third-order valence-corrected chi connectivity index (χ3v) is 7.02. The van der Waals surface area contributed by atoms with E-state index in [9.17, 15) is 15.0 Å². The minimum Gasteiger partial charge on any atom is -0.507 e. The number of phenolic OH excluding ortho intramolecular Hbond substituents is 2. The van der Waals surface area contributed by atoms with Crippen molar-refractivity contribution in [3.63, 3.8) is 0 Å². The van der Waals surface area contributed by atoms with E-state index in [1.165, 1.54) is 6.07 Å². The smallest absolute Gasteiger partial charge is 0.274 e. The van der Waals surface area contributed by atoms with E-state index in [1.807, 2.05) is 62.4 Å². The van der Waals surface area contributed by atoms with Crippen LogP contribution in [0.1, 0.15) is 41.4 Å². The number of phenols is 2. The fourth-order valence-electron chi connectivity index (χ4n) is 4.82. The zero-order chi connectivity index (χ0) is 27.4. The number of carbonyl (C=O) groups is 1. The summed E-state index contributed by atoms with van der Waals surface area (Å²) in [6, 6.07) is 19.0. The van der Waals surface area contributed by atoms with Crippen molar-refractivity contribution in [1.29, 1.82) is 0 Å². The van der Waals surface area contributed by atoms with Crippen molar-refractivity contribution in [3.05, 3.63) is 77.5 Å². The monoisotopic (exact) mass is 527 g/mol. The summed E-state index contributed by atoms with van der Waals surface area (Å²) in [6.45, 7) is 6.54. The highest BCUT2D eigenvalue weighted by molar-refractivity contribution is 6.03. The number of aromatic hydroxyl groups is 2. The molecule has 8 nitrogen and oxygen atoms in total. The van der Waals surface area contributed by atoms with Gasteiger partial charge in [-0.2, -0.15) is 0 Å². The van der Waals surface area contributed by atoms with Crippen LogP contribution in [0.5, 0.6) is 11.5 Å². The van der Waals surface area contributed by atoms with Crippen LogP contribution < -0.4 is 10.6 Å². The van der Waals surface area contributed by atoms with Crippen molar-refractivity contribution in [3.8, 4) is 45.1 Å². The van der Waals surface area contributed by atoms with Crippen LogP contribution in [0.4, 0.5) is 0 Å². The van der Waals surface area contributed by atoms with E-state index in [-0.39, 0.29) is 28.9 Å². The zero-order valence-corrected chi connectivity index (χ0v) is 22.2. The average molecular weight is 528 g/mol. The highest BCUT2D eigenvalue weighted by Gasteiger charge is 2.27. The molecule has 0 unspecified atom stereocenters. The molecule has 1 amide bonds. The Hall–Kier alpha value is -4.14. The largest absolute Gasteiger partial charge is 0.507 e. The van der Waals surface area contributed by atoms with Crippen molar-refractivity contribution in [2.45, 2.75) is 39.3 Å². The molecule has 0 saturated carbocycles. The molecule has 3 aromatic carbocycles. The fraction of sp³-hybridized carbons (Fsp3) is 0.290. The Morgan fingerprint density at radius 2 is 1.62 bits per heavy atom. The predicted molar refractivity (Wildman–Crippen MR) is 150 cm³/mol. The number of aryl methyl sites for hydroxylation is 1. The van der Waals surface area contributed by atoms with Crippen LogP contribution in [0.2, 0.25) is 0 Å². The van der Waals surface area contributed by atoms with Crippen LogP contribution in [0.3, 0.4) is 0 Å². The van der Waals surface area contributed by atoms with Crippen LogP contribution in [0, 0.1) is 6.92 Å². The topological polar surface area (TPSA) is 117 Å². The Bertz CT molecular complexity index is 1440. The van der Waals surface area contributed by atoms with Crippen molar-refractivity contribution in [2.75, 3.05) is 19.8 Å². The van der Waals surface area contributed by atoms with Gasteiger partial charge in [0.1, 0.15) is 11.5 Å². The van der Waals surface area contributed by atoms with Gasteiger partial charge in [0.15, 0.2) is 11.5 Å². The van der Waals surface area contributed by atoms with Crippen molar-refractivity contribution < 1.29 is 24.3 Å². The molecule has 0 aliphatic carbocycles. The van der Waals surface area contributed by atoms with Gasteiger partial charge in [0.05, 0.1) is 11.1 Å². The average Bonchev–Trinajstić information content (AvgIpc) is 3.39. The highest BCUT2D eigenvalue weighted by Crippen LogP contribution is 2.44. The van der Waals surface area contributed by atoms with Crippen LogP contribution >= 0.6 is 0 Å². The van der Waals surface area contributed by atoms with E-state index in [2.05, 4.69) is 15.8 Å². The molecular weight excluding hydrogens is 494 g/mol. The van der Waals surface area contributed by atoms with Gasteiger partial charge in [0.25, 0.3) is 5.91 Å². The molecular formula is C31H33N3O5. The van der Waals surface area contributed by atoms with Gasteiger partial charge in [-0.3, -0.25) is 4.79 Å². The first-order valence-corrected chi connectivity index (χ1v) is 13.3. The number of amides is 1. The second-order valence-electron chi connectivity index (χ2n) is 9.81. The molecule has 1 aliphatic heterocycles. The zero-order valence-electron chi connectivity index (χ0n) is 22.2. The lowest BCUT2D eigenvalue weighted by molar-refractivity contribution is 0.0776. The van der Waals surface area contributed by atoms with E-state index >= 15 is 0 Å². The van der Waals surface area contributed by atoms with E-state index in [1.54, 1.807) is 6.07 Å². The van der Waals surface area contributed by atoms with Gasteiger partial charge < -0.3 is 30.1 Å². The van der Waals surface area contributed by atoms with E-state index in [0.717, 1.165) is 54.9 Å². The summed E-state index contributed by atoms with van der Waals surface area (Å²) in [5.74, 6) is -0.369. The number of hydrogen-bond acceptors (Lipinski definition) is 7. The molecule has 0 atom stereocenters. The number of carbonyl (C=O) groups excluding carboxylic acids is 1. The summed E-state index contributed by atoms with van der Waals surface area (Å²) < 4.78 is 11.2. The van der Waals surface area contributed by atoms with Crippen LogP contribution in [0.25, 0.3) is 33.6 Å². The molecule has 5 rings (SSSR count). The van der Waals surface area contributed by atoms with Crippen molar-refractivity contribution in [1.82, 2.24) is 15.8 Å². The lowest BCUT2D eigenvalue weighted by Crippen LogP contribution is -2.34. The molecule has 2 heterocycles. The van der Waals surface area contributed by atoms with Crippen LogP contribution in [-0.2, 0) is 11.3 Å². The van der Waals surface area contributed by atoms with Gasteiger partial charge in [0.2, 0.25) is 0 Å². The Balaban J connectivity index is 1.53. The second-order valence-corrected chi connectivity index (χ2v) is 9.81. The maximum absolute atomic E-state index is 12.9. The summed E-state index contributed by atoms with van der Waals surface area (Å²) in [6.07, 6.45) is 2.00. The summed E-state index contributed by atoms with van der Waals surface area (Å²) in [7, 11) is 0. The quantitative estimate of drug-likeness (QED) is 0.242. The van der Waals surface area contributed by atoms with Crippen molar-refractivity contribution >= 4 is 5.91 Å². The summed E-state index contributed by atoms with van der Waals surface area (Å²) in [5.41, 5.74) is 5.16. The molecule has 0 bridgehead atoms. The van der Waals surface area contributed by atoms with Gasteiger partial charge in [-0.15, -0.1) is 0 Å². The number of aromatic nitrogens is 1. The summed E-state index contributed by atoms with van der Waals surface area (Å²) >= 11 is 0. The van der Waals surface area contributed by atoms with Crippen molar-refractivity contribution in [2.24, 2.45) is 0 Å². The maximum Gasteiger partial charge on any atom is 0.274 e. The second kappa shape index (κ2) is 11.7. The molecule has 202 valence electrons. The van der Waals surface area contributed by atoms with E-state index < -0.39 is 0 Å². The highest BCUT2D eigenvalue weighted by atomic mass is 16.5. The number of nitrogens with zero attached hydrogens (tertiary/aromatic N) is 1. The first-order chi connectivity index (χ1) is 18.9. The van der Waals surface area contributed by atoms with Crippen LogP contribution in [-0.4, -0.2) is 47.1 Å². The minimum absolute atomic E-state index is 0.0634. The molecule has 39 heavy (non-hydrogen) atoms. The molecule has 1 saturated heterocycles. The van der Waals surface area contributed by atoms with Gasteiger partial charge in [-0.05, 0) is 49.4 Å².